The quantitative estimate of drug-likeness (QED) is 0.792. The Morgan fingerprint density at radius 3 is 2.57 bits per heavy atom. The first-order valence-electron chi connectivity index (χ1n) is 3.88. The molecule has 1 aromatic rings. The van der Waals surface area contributed by atoms with Gasteiger partial charge in [-0.15, -0.1) is 0 Å². The zero-order chi connectivity index (χ0) is 10.7. The monoisotopic (exact) mass is 230 g/mol. The van der Waals surface area contributed by atoms with Crippen LogP contribution in [0.2, 0.25) is 5.02 Å². The summed E-state index contributed by atoms with van der Waals surface area (Å²) < 4.78 is 0. The molecular weight excluding hydrogens is 223 g/mol. The standard InChI is InChI=1S/C10H8Cl2O2/c1-6(10(13)14)9(12)7-3-2-4-8(11)5-7/h2-5H,1H3,(H,13,14)/b9-6-. The third-order valence-corrected chi connectivity index (χ3v) is 2.46. The lowest BCUT2D eigenvalue weighted by molar-refractivity contribution is -0.132. The first kappa shape index (κ1) is 11.1. The molecule has 0 saturated carbocycles. The van der Waals surface area contributed by atoms with Crippen molar-refractivity contribution in [3.63, 3.8) is 0 Å². The third-order valence-electron chi connectivity index (χ3n) is 1.73. The van der Waals surface area contributed by atoms with E-state index in [4.69, 9.17) is 28.3 Å². The van der Waals surface area contributed by atoms with Crippen molar-refractivity contribution < 1.29 is 9.90 Å². The molecule has 0 amide bonds. The number of rotatable bonds is 2. The van der Waals surface area contributed by atoms with Gasteiger partial charge in [-0.2, -0.15) is 0 Å². The molecule has 2 nitrogen and oxygen atoms in total. The molecule has 14 heavy (non-hydrogen) atoms. The van der Waals surface area contributed by atoms with Crippen molar-refractivity contribution in [2.45, 2.75) is 6.92 Å². The average molecular weight is 231 g/mol. The van der Waals surface area contributed by atoms with Crippen molar-refractivity contribution in [3.8, 4) is 0 Å². The van der Waals surface area contributed by atoms with E-state index >= 15 is 0 Å². The highest BCUT2D eigenvalue weighted by Gasteiger charge is 2.09. The van der Waals surface area contributed by atoms with Gasteiger partial charge in [-0.05, 0) is 24.6 Å². The van der Waals surface area contributed by atoms with E-state index < -0.39 is 5.97 Å². The maximum Gasteiger partial charge on any atom is 0.332 e. The van der Waals surface area contributed by atoms with Crippen LogP contribution in [0.5, 0.6) is 0 Å². The largest absolute Gasteiger partial charge is 0.478 e. The molecule has 0 saturated heterocycles. The maximum atomic E-state index is 10.6. The number of carboxylic acids is 1. The summed E-state index contributed by atoms with van der Waals surface area (Å²) in [7, 11) is 0. The lowest BCUT2D eigenvalue weighted by Gasteiger charge is -2.02. The third kappa shape index (κ3) is 2.50. The summed E-state index contributed by atoms with van der Waals surface area (Å²) in [5.41, 5.74) is 0.716. The Morgan fingerprint density at radius 1 is 1.43 bits per heavy atom. The van der Waals surface area contributed by atoms with E-state index in [0.717, 1.165) is 0 Å². The summed E-state index contributed by atoms with van der Waals surface area (Å²) in [6, 6.07) is 6.75. The predicted octanol–water partition coefficient (Wildman–Crippen LogP) is 3.39. The van der Waals surface area contributed by atoms with Gasteiger partial charge < -0.3 is 5.11 Å². The summed E-state index contributed by atoms with van der Waals surface area (Å²) in [5.74, 6) is -1.03. The van der Waals surface area contributed by atoms with Gasteiger partial charge in [0.25, 0.3) is 0 Å². The molecular formula is C10H8Cl2O2. The summed E-state index contributed by atoms with van der Waals surface area (Å²) in [6.07, 6.45) is 0. The van der Waals surface area contributed by atoms with Crippen molar-refractivity contribution in [1.82, 2.24) is 0 Å². The first-order chi connectivity index (χ1) is 6.52. The molecule has 0 aliphatic rings. The highest BCUT2D eigenvalue weighted by Crippen LogP contribution is 2.25. The van der Waals surface area contributed by atoms with Crippen molar-refractivity contribution in [2.24, 2.45) is 0 Å². The van der Waals surface area contributed by atoms with Gasteiger partial charge in [0.15, 0.2) is 0 Å². The minimum atomic E-state index is -1.03. The van der Waals surface area contributed by atoms with Crippen LogP contribution in [0.15, 0.2) is 29.8 Å². The normalized spacial score (nSPS) is 12.2. The van der Waals surface area contributed by atoms with Gasteiger partial charge in [-0.1, -0.05) is 35.3 Å². The SMILES string of the molecule is C/C(C(=O)O)=C(/Cl)c1cccc(Cl)c1. The molecule has 0 radical (unpaired) electrons. The Labute approximate surface area is 91.8 Å². The van der Waals surface area contributed by atoms with Crippen LogP contribution in [-0.2, 0) is 4.79 Å². The van der Waals surface area contributed by atoms with Gasteiger partial charge in [0.1, 0.15) is 0 Å². The molecule has 0 aromatic heterocycles. The fourth-order valence-corrected chi connectivity index (χ4v) is 1.32. The first-order valence-corrected chi connectivity index (χ1v) is 4.63. The zero-order valence-electron chi connectivity index (χ0n) is 7.42. The van der Waals surface area contributed by atoms with Crippen LogP contribution in [0.3, 0.4) is 0 Å². The molecule has 0 heterocycles. The second-order valence-electron chi connectivity index (χ2n) is 2.75. The molecule has 0 unspecified atom stereocenters. The van der Waals surface area contributed by atoms with Crippen LogP contribution in [0.4, 0.5) is 0 Å². The molecule has 4 heteroatoms. The molecule has 0 aliphatic carbocycles. The van der Waals surface area contributed by atoms with Gasteiger partial charge in [0.05, 0.1) is 10.6 Å². The van der Waals surface area contributed by atoms with Crippen molar-refractivity contribution >= 4 is 34.2 Å². The number of carbonyl (C=O) groups is 1. The number of aliphatic carboxylic acids is 1. The van der Waals surface area contributed by atoms with E-state index in [1.807, 2.05) is 0 Å². The van der Waals surface area contributed by atoms with Gasteiger partial charge in [-0.3, -0.25) is 0 Å². The zero-order valence-corrected chi connectivity index (χ0v) is 8.93. The topological polar surface area (TPSA) is 37.3 Å². The second kappa shape index (κ2) is 4.49. The van der Waals surface area contributed by atoms with Gasteiger partial charge in [-0.25, -0.2) is 4.79 Å². The predicted molar refractivity (Wildman–Crippen MR) is 57.5 cm³/mol. The molecule has 1 N–H and O–H groups in total. The van der Waals surface area contributed by atoms with Crippen molar-refractivity contribution in [2.75, 3.05) is 0 Å². The smallest absolute Gasteiger partial charge is 0.332 e. The fraction of sp³-hybridized carbons (Fsp3) is 0.100. The number of carboxylic acid groups (broad SMARTS) is 1. The Morgan fingerprint density at radius 2 is 2.07 bits per heavy atom. The maximum absolute atomic E-state index is 10.6. The highest BCUT2D eigenvalue weighted by molar-refractivity contribution is 6.51. The van der Waals surface area contributed by atoms with E-state index in [0.29, 0.717) is 10.6 Å². The van der Waals surface area contributed by atoms with E-state index in [9.17, 15) is 4.79 Å². The van der Waals surface area contributed by atoms with Crippen molar-refractivity contribution in [1.29, 1.82) is 0 Å². The van der Waals surface area contributed by atoms with E-state index in [1.165, 1.54) is 6.92 Å². The summed E-state index contributed by atoms with van der Waals surface area (Å²) >= 11 is 11.6. The molecule has 0 fully saturated rings. The molecule has 1 aromatic carbocycles. The molecule has 0 aliphatic heterocycles. The van der Waals surface area contributed by atoms with Gasteiger partial charge in [0.2, 0.25) is 0 Å². The Kier molecular flexibility index (Phi) is 3.55. The Balaban J connectivity index is 3.18. The average Bonchev–Trinajstić information content (AvgIpc) is 2.15. The number of halogens is 2. The summed E-state index contributed by atoms with van der Waals surface area (Å²) in [6.45, 7) is 1.45. The fourth-order valence-electron chi connectivity index (χ4n) is 0.935. The highest BCUT2D eigenvalue weighted by atomic mass is 35.5. The van der Waals surface area contributed by atoms with E-state index in [2.05, 4.69) is 0 Å². The number of benzene rings is 1. The van der Waals surface area contributed by atoms with Crippen molar-refractivity contribution in [3.05, 3.63) is 40.4 Å². The van der Waals surface area contributed by atoms with Crippen LogP contribution < -0.4 is 0 Å². The molecule has 74 valence electrons. The Hall–Kier alpha value is -0.990. The van der Waals surface area contributed by atoms with Crippen LogP contribution in [0.1, 0.15) is 12.5 Å². The Bertz CT molecular complexity index is 397. The minimum Gasteiger partial charge on any atom is -0.478 e. The van der Waals surface area contributed by atoms with E-state index in [-0.39, 0.29) is 10.6 Å². The number of hydrogen-bond acceptors (Lipinski definition) is 1. The van der Waals surface area contributed by atoms with Crippen LogP contribution >= 0.6 is 23.2 Å². The van der Waals surface area contributed by atoms with Crippen LogP contribution in [0, 0.1) is 0 Å². The molecule has 1 rings (SSSR count). The van der Waals surface area contributed by atoms with Crippen LogP contribution in [0.25, 0.3) is 5.03 Å². The summed E-state index contributed by atoms with van der Waals surface area (Å²) in [4.78, 5) is 10.6. The second-order valence-corrected chi connectivity index (χ2v) is 3.57. The van der Waals surface area contributed by atoms with Crippen LogP contribution in [-0.4, -0.2) is 11.1 Å². The lowest BCUT2D eigenvalue weighted by Crippen LogP contribution is -1.98. The molecule has 0 spiro atoms. The van der Waals surface area contributed by atoms with Gasteiger partial charge >= 0.3 is 5.97 Å². The molecule has 0 atom stereocenters. The lowest BCUT2D eigenvalue weighted by atomic mass is 10.1. The number of hydrogen-bond donors (Lipinski definition) is 1. The summed E-state index contributed by atoms with van der Waals surface area (Å²) in [5, 5.41) is 9.44. The minimum absolute atomic E-state index is 0.105. The molecule has 0 bridgehead atoms. The van der Waals surface area contributed by atoms with Gasteiger partial charge in [0, 0.05) is 5.02 Å². The van der Waals surface area contributed by atoms with E-state index in [1.54, 1.807) is 24.3 Å².